The van der Waals surface area contributed by atoms with Crippen molar-refractivity contribution in [2.75, 3.05) is 7.11 Å². The monoisotopic (exact) mass is 370 g/mol. The van der Waals surface area contributed by atoms with Crippen molar-refractivity contribution >= 4 is 44.9 Å². The van der Waals surface area contributed by atoms with Gasteiger partial charge < -0.3 is 4.74 Å². The van der Waals surface area contributed by atoms with Gasteiger partial charge in [0, 0.05) is 10.6 Å². The number of esters is 1. The van der Waals surface area contributed by atoms with Crippen LogP contribution in [0.4, 0.5) is 0 Å². The molecule has 0 radical (unpaired) electrons. The van der Waals surface area contributed by atoms with Gasteiger partial charge in [-0.1, -0.05) is 23.7 Å². The third-order valence-electron chi connectivity index (χ3n) is 3.59. The number of ketones is 1. The number of ether oxygens (including phenoxy) is 1. The number of hydrogen-bond acceptors (Lipinski definition) is 6. The molecule has 1 heterocycles. The average molecular weight is 371 g/mol. The molecule has 0 aliphatic rings. The van der Waals surface area contributed by atoms with Gasteiger partial charge in [-0.2, -0.15) is 5.26 Å². The van der Waals surface area contributed by atoms with Gasteiger partial charge in [0.25, 0.3) is 0 Å². The van der Waals surface area contributed by atoms with E-state index in [1.807, 2.05) is 12.1 Å². The molecule has 124 valence electrons. The van der Waals surface area contributed by atoms with E-state index in [2.05, 4.69) is 9.72 Å². The molecule has 2 aromatic carbocycles. The summed E-state index contributed by atoms with van der Waals surface area (Å²) < 4.78 is 5.48. The Morgan fingerprint density at radius 3 is 2.52 bits per heavy atom. The SMILES string of the molecule is COC(=O)c1ccc(C(=O)[C@@H](C#N)c2nc3cc(Cl)ccc3s2)cc1. The van der Waals surface area contributed by atoms with E-state index in [1.165, 1.54) is 42.7 Å². The number of carbonyl (C=O) groups is 2. The summed E-state index contributed by atoms with van der Waals surface area (Å²) in [5.74, 6) is -1.87. The normalized spacial score (nSPS) is 11.7. The molecule has 1 atom stereocenters. The number of hydrogen-bond donors (Lipinski definition) is 0. The van der Waals surface area contributed by atoms with Crippen molar-refractivity contribution in [3.63, 3.8) is 0 Å². The Kier molecular flexibility index (Phi) is 4.79. The van der Waals surface area contributed by atoms with E-state index in [1.54, 1.807) is 12.1 Å². The smallest absolute Gasteiger partial charge is 0.337 e. The molecule has 5 nitrogen and oxygen atoms in total. The van der Waals surface area contributed by atoms with Crippen LogP contribution < -0.4 is 0 Å². The maximum atomic E-state index is 12.7. The number of nitrogens with zero attached hydrogens (tertiary/aromatic N) is 2. The molecule has 0 saturated heterocycles. The minimum atomic E-state index is -1.01. The fourth-order valence-corrected chi connectivity index (χ4v) is 3.48. The molecule has 3 aromatic rings. The maximum absolute atomic E-state index is 12.7. The van der Waals surface area contributed by atoms with Gasteiger partial charge in [-0.05, 0) is 30.3 Å². The molecule has 0 aliphatic heterocycles. The van der Waals surface area contributed by atoms with Crippen LogP contribution >= 0.6 is 22.9 Å². The zero-order chi connectivity index (χ0) is 18.0. The van der Waals surface area contributed by atoms with E-state index in [0.29, 0.717) is 26.7 Å². The molecule has 7 heteroatoms. The first-order valence-corrected chi connectivity index (χ1v) is 8.41. The largest absolute Gasteiger partial charge is 0.465 e. The number of halogens is 1. The number of nitriles is 1. The van der Waals surface area contributed by atoms with Gasteiger partial charge in [0.1, 0.15) is 5.01 Å². The highest BCUT2D eigenvalue weighted by molar-refractivity contribution is 7.18. The Labute approximate surface area is 152 Å². The van der Waals surface area contributed by atoms with Crippen LogP contribution in [0.1, 0.15) is 31.6 Å². The summed E-state index contributed by atoms with van der Waals surface area (Å²) in [6, 6.07) is 13.2. The Bertz CT molecular complexity index is 1010. The molecule has 3 rings (SSSR count). The van der Waals surface area contributed by atoms with E-state index in [0.717, 1.165) is 4.70 Å². The third kappa shape index (κ3) is 3.38. The molecule has 0 spiro atoms. The van der Waals surface area contributed by atoms with E-state index in [-0.39, 0.29) is 5.78 Å². The Balaban J connectivity index is 1.92. The van der Waals surface area contributed by atoms with Gasteiger partial charge in [0.2, 0.25) is 0 Å². The van der Waals surface area contributed by atoms with E-state index < -0.39 is 11.9 Å². The summed E-state index contributed by atoms with van der Waals surface area (Å²) >= 11 is 7.23. The highest BCUT2D eigenvalue weighted by Crippen LogP contribution is 2.31. The fraction of sp³-hybridized carbons (Fsp3) is 0.111. The minimum Gasteiger partial charge on any atom is -0.465 e. The lowest BCUT2D eigenvalue weighted by Gasteiger charge is -2.06. The lowest BCUT2D eigenvalue weighted by atomic mass is 9.98. The summed E-state index contributed by atoms with van der Waals surface area (Å²) in [7, 11) is 1.28. The van der Waals surface area contributed by atoms with Crippen LogP contribution in [0.2, 0.25) is 5.02 Å². The van der Waals surface area contributed by atoms with Crippen molar-refractivity contribution in [3.05, 3.63) is 63.6 Å². The number of thiazole rings is 1. The van der Waals surface area contributed by atoms with Crippen LogP contribution in [-0.4, -0.2) is 23.8 Å². The van der Waals surface area contributed by atoms with Crippen LogP contribution in [0.5, 0.6) is 0 Å². The number of fused-ring (bicyclic) bond motifs is 1. The number of aromatic nitrogens is 1. The van der Waals surface area contributed by atoms with Crippen LogP contribution in [0.15, 0.2) is 42.5 Å². The number of carbonyl (C=O) groups excluding carboxylic acids is 2. The van der Waals surface area contributed by atoms with Crippen molar-refractivity contribution in [3.8, 4) is 6.07 Å². The lowest BCUT2D eigenvalue weighted by molar-refractivity contribution is 0.0600. The van der Waals surface area contributed by atoms with Crippen molar-refractivity contribution in [2.45, 2.75) is 5.92 Å². The second kappa shape index (κ2) is 7.01. The zero-order valence-electron chi connectivity index (χ0n) is 13.0. The van der Waals surface area contributed by atoms with Crippen molar-refractivity contribution < 1.29 is 14.3 Å². The Morgan fingerprint density at radius 2 is 1.88 bits per heavy atom. The quantitative estimate of drug-likeness (QED) is 0.507. The summed E-state index contributed by atoms with van der Waals surface area (Å²) in [5.41, 5.74) is 1.32. The third-order valence-corrected chi connectivity index (χ3v) is 4.93. The maximum Gasteiger partial charge on any atom is 0.337 e. The first kappa shape index (κ1) is 17.1. The molecule has 0 aliphatic carbocycles. The number of rotatable bonds is 4. The first-order chi connectivity index (χ1) is 12.0. The minimum absolute atomic E-state index is 0.330. The summed E-state index contributed by atoms with van der Waals surface area (Å²) in [5, 5.41) is 10.4. The molecule has 0 fully saturated rings. The van der Waals surface area contributed by atoms with Gasteiger partial charge >= 0.3 is 5.97 Å². The lowest BCUT2D eigenvalue weighted by Crippen LogP contribution is -2.11. The van der Waals surface area contributed by atoms with Gasteiger partial charge in [-0.3, -0.25) is 4.79 Å². The van der Waals surface area contributed by atoms with E-state index >= 15 is 0 Å². The van der Waals surface area contributed by atoms with Crippen molar-refractivity contribution in [2.24, 2.45) is 0 Å². The standard InChI is InChI=1S/C18H11ClN2O3S/c1-24-18(23)11-4-2-10(3-5-11)16(22)13(9-20)17-21-14-8-12(19)6-7-15(14)25-17/h2-8,13H,1H3/t13-/m1/s1. The van der Waals surface area contributed by atoms with Gasteiger partial charge in [0.15, 0.2) is 11.7 Å². The van der Waals surface area contributed by atoms with E-state index in [9.17, 15) is 14.9 Å². The van der Waals surface area contributed by atoms with Gasteiger partial charge in [-0.25, -0.2) is 9.78 Å². The highest BCUT2D eigenvalue weighted by atomic mass is 35.5. The van der Waals surface area contributed by atoms with E-state index in [4.69, 9.17) is 11.6 Å². The topological polar surface area (TPSA) is 80.0 Å². The molecular formula is C18H11ClN2O3S. The van der Waals surface area contributed by atoms with Gasteiger partial charge in [0.05, 0.1) is 29.0 Å². The number of methoxy groups -OCH3 is 1. The molecular weight excluding hydrogens is 360 g/mol. The predicted octanol–water partition coefficient (Wildman–Crippen LogP) is 4.23. The number of Topliss-reactive ketones (excluding diaryl/α,β-unsaturated/α-hetero) is 1. The molecule has 1 aromatic heterocycles. The first-order valence-electron chi connectivity index (χ1n) is 7.21. The second-order valence-corrected chi connectivity index (χ2v) is 6.66. The summed E-state index contributed by atoms with van der Waals surface area (Å²) in [4.78, 5) is 28.5. The van der Waals surface area contributed by atoms with Crippen molar-refractivity contribution in [1.29, 1.82) is 5.26 Å². The second-order valence-electron chi connectivity index (χ2n) is 5.16. The summed E-state index contributed by atoms with van der Waals surface area (Å²) in [6.07, 6.45) is 0. The van der Waals surface area contributed by atoms with Crippen LogP contribution in [-0.2, 0) is 4.74 Å². The molecule has 0 unspecified atom stereocenters. The van der Waals surface area contributed by atoms with Crippen molar-refractivity contribution in [1.82, 2.24) is 4.98 Å². The Morgan fingerprint density at radius 1 is 1.20 bits per heavy atom. The predicted molar refractivity (Wildman–Crippen MR) is 95.1 cm³/mol. The van der Waals surface area contributed by atoms with Gasteiger partial charge in [-0.15, -0.1) is 11.3 Å². The van der Waals surface area contributed by atoms with Crippen LogP contribution in [0.3, 0.4) is 0 Å². The molecule has 0 amide bonds. The molecule has 0 saturated carbocycles. The number of benzene rings is 2. The molecule has 25 heavy (non-hydrogen) atoms. The summed E-state index contributed by atoms with van der Waals surface area (Å²) in [6.45, 7) is 0. The highest BCUT2D eigenvalue weighted by Gasteiger charge is 2.25. The average Bonchev–Trinajstić information content (AvgIpc) is 3.04. The zero-order valence-corrected chi connectivity index (χ0v) is 14.6. The van der Waals surface area contributed by atoms with Crippen LogP contribution in [0, 0.1) is 11.3 Å². The molecule has 0 N–H and O–H groups in total. The Hall–Kier alpha value is -2.75. The fourth-order valence-electron chi connectivity index (χ4n) is 2.32. The molecule has 0 bridgehead atoms. The van der Waals surface area contributed by atoms with Crippen LogP contribution in [0.25, 0.3) is 10.2 Å².